The molecule has 0 fully saturated rings. The van der Waals surface area contributed by atoms with Crippen molar-refractivity contribution in [2.24, 2.45) is 0 Å². The van der Waals surface area contributed by atoms with E-state index in [2.05, 4.69) is 30.6 Å². The summed E-state index contributed by atoms with van der Waals surface area (Å²) < 4.78 is 0.869. The predicted molar refractivity (Wildman–Crippen MR) is 78.0 cm³/mol. The zero-order valence-corrected chi connectivity index (χ0v) is 12.6. The molecule has 86 valence electrons. The summed E-state index contributed by atoms with van der Waals surface area (Å²) >= 11 is 2.45. The van der Waals surface area contributed by atoms with Crippen LogP contribution in [-0.2, 0) is 0 Å². The summed E-state index contributed by atoms with van der Waals surface area (Å²) in [5.74, 6) is -0.0992. The fourth-order valence-corrected chi connectivity index (χ4v) is 3.89. The summed E-state index contributed by atoms with van der Waals surface area (Å²) in [5.41, 5.74) is 1.46. The van der Waals surface area contributed by atoms with Crippen LogP contribution in [0.1, 0.15) is 10.4 Å². The van der Waals surface area contributed by atoms with Crippen LogP contribution in [0.3, 0.4) is 0 Å². The number of nitrogens with one attached hydrogen (secondary N) is 1. The third-order valence-corrected chi connectivity index (χ3v) is 5.28. The number of carbonyl (C=O) groups is 1. The standard InChI is InChI=1S/C12H9IN2OSe/c13-17-12-10(7-4-8-14-12)11(16)15-9-5-2-1-3-6-9/h1-8H,(H,15,16). The molecule has 2 rings (SSSR count). The van der Waals surface area contributed by atoms with Gasteiger partial charge in [0.25, 0.3) is 0 Å². The van der Waals surface area contributed by atoms with Gasteiger partial charge >= 0.3 is 118 Å². The van der Waals surface area contributed by atoms with Crippen molar-refractivity contribution in [1.82, 2.24) is 4.98 Å². The van der Waals surface area contributed by atoms with Gasteiger partial charge in [0.2, 0.25) is 0 Å². The molecule has 2 aromatic rings. The number of amides is 1. The summed E-state index contributed by atoms with van der Waals surface area (Å²) in [6.07, 6.45) is 1.72. The van der Waals surface area contributed by atoms with E-state index in [1.165, 1.54) is 0 Å². The molecule has 17 heavy (non-hydrogen) atoms. The molecule has 0 unspecified atom stereocenters. The maximum absolute atomic E-state index is 12.0. The topological polar surface area (TPSA) is 42.0 Å². The second-order valence-electron chi connectivity index (χ2n) is 3.25. The van der Waals surface area contributed by atoms with Crippen molar-refractivity contribution in [2.45, 2.75) is 0 Å². The van der Waals surface area contributed by atoms with Gasteiger partial charge in [0.15, 0.2) is 0 Å². The molecule has 0 spiro atoms. The van der Waals surface area contributed by atoms with Crippen LogP contribution in [0.5, 0.6) is 0 Å². The number of pyridine rings is 1. The van der Waals surface area contributed by atoms with Crippen molar-refractivity contribution in [2.75, 3.05) is 5.32 Å². The number of carbonyl (C=O) groups excluding carboxylic acids is 1. The number of hydrogen-bond acceptors (Lipinski definition) is 2. The van der Waals surface area contributed by atoms with Crippen LogP contribution in [0.15, 0.2) is 48.7 Å². The van der Waals surface area contributed by atoms with Crippen LogP contribution >= 0.6 is 20.3 Å². The first-order chi connectivity index (χ1) is 8.31. The Balaban J connectivity index is 2.20. The van der Waals surface area contributed by atoms with Crippen LogP contribution in [0.4, 0.5) is 5.69 Å². The number of halogens is 1. The average Bonchev–Trinajstić information content (AvgIpc) is 2.40. The fraction of sp³-hybridized carbons (Fsp3) is 0. The third kappa shape index (κ3) is 3.28. The second-order valence-corrected chi connectivity index (χ2v) is 6.68. The van der Waals surface area contributed by atoms with Gasteiger partial charge in [0, 0.05) is 0 Å². The van der Waals surface area contributed by atoms with E-state index in [-0.39, 0.29) is 17.6 Å². The van der Waals surface area contributed by atoms with E-state index in [1.807, 2.05) is 30.3 Å². The van der Waals surface area contributed by atoms with E-state index in [0.29, 0.717) is 5.56 Å². The van der Waals surface area contributed by atoms with Gasteiger partial charge in [-0.2, -0.15) is 0 Å². The molecule has 1 aromatic heterocycles. The van der Waals surface area contributed by atoms with Gasteiger partial charge in [-0.05, 0) is 0 Å². The molecule has 0 aliphatic carbocycles. The van der Waals surface area contributed by atoms with Crippen LogP contribution in [0.2, 0.25) is 0 Å². The summed E-state index contributed by atoms with van der Waals surface area (Å²) in [5, 5.41) is 2.86. The van der Waals surface area contributed by atoms with Crippen molar-refractivity contribution < 1.29 is 4.79 Å². The van der Waals surface area contributed by atoms with Gasteiger partial charge in [-0.15, -0.1) is 0 Å². The summed E-state index contributed by atoms with van der Waals surface area (Å²) in [4.78, 5) is 16.3. The van der Waals surface area contributed by atoms with Crippen molar-refractivity contribution in [3.8, 4) is 0 Å². The van der Waals surface area contributed by atoms with E-state index in [0.717, 1.165) is 10.3 Å². The number of hydrogen-bond donors (Lipinski definition) is 1. The molecule has 1 heterocycles. The first-order valence-electron chi connectivity index (χ1n) is 4.91. The second kappa shape index (κ2) is 6.14. The first kappa shape index (κ1) is 12.5. The van der Waals surface area contributed by atoms with Gasteiger partial charge in [0.05, 0.1) is 0 Å². The SMILES string of the molecule is O=C(Nc1ccccc1)c1cccnc1[Se]I. The Hall–Kier alpha value is -0.911. The minimum absolute atomic E-state index is 0.0992. The number of rotatable bonds is 3. The van der Waals surface area contributed by atoms with Gasteiger partial charge in [-0.1, -0.05) is 0 Å². The molecular weight excluding hydrogens is 394 g/mol. The molecule has 3 nitrogen and oxygen atoms in total. The van der Waals surface area contributed by atoms with E-state index in [9.17, 15) is 4.79 Å². The predicted octanol–water partition coefficient (Wildman–Crippen LogP) is 2.01. The van der Waals surface area contributed by atoms with Gasteiger partial charge in [0.1, 0.15) is 0 Å². The molecular formula is C12H9IN2OSe. The summed E-state index contributed by atoms with van der Waals surface area (Å²) in [7, 11) is 0. The van der Waals surface area contributed by atoms with Gasteiger partial charge < -0.3 is 0 Å². The van der Waals surface area contributed by atoms with Crippen molar-refractivity contribution >= 4 is 48.2 Å². The molecule has 5 heteroatoms. The average molecular weight is 403 g/mol. The summed E-state index contributed by atoms with van der Waals surface area (Å²) in [6.45, 7) is 0. The summed E-state index contributed by atoms with van der Waals surface area (Å²) in [6, 6.07) is 13.0. The quantitative estimate of drug-likeness (QED) is 0.630. The van der Waals surface area contributed by atoms with Crippen molar-refractivity contribution in [3.05, 3.63) is 54.2 Å². The Morgan fingerprint density at radius 1 is 1.18 bits per heavy atom. The van der Waals surface area contributed by atoms with E-state index < -0.39 is 0 Å². The van der Waals surface area contributed by atoms with Crippen molar-refractivity contribution in [1.29, 1.82) is 0 Å². The molecule has 0 aliphatic heterocycles. The first-order valence-corrected chi connectivity index (χ1v) is 11.0. The van der Waals surface area contributed by atoms with Crippen LogP contribution < -0.4 is 9.91 Å². The van der Waals surface area contributed by atoms with Crippen LogP contribution in [0, 0.1) is 0 Å². The van der Waals surface area contributed by atoms with Crippen LogP contribution in [0.25, 0.3) is 0 Å². The Bertz CT molecular complexity index is 519. The van der Waals surface area contributed by atoms with E-state index >= 15 is 0 Å². The number of benzene rings is 1. The number of nitrogens with zero attached hydrogens (tertiary/aromatic N) is 1. The number of aromatic nitrogens is 1. The molecule has 0 radical (unpaired) electrons. The molecule has 0 saturated carbocycles. The number of para-hydroxylation sites is 1. The zero-order chi connectivity index (χ0) is 12.1. The maximum atomic E-state index is 12.0. The Morgan fingerprint density at radius 3 is 2.65 bits per heavy atom. The minimum atomic E-state index is -0.0992. The molecule has 0 bridgehead atoms. The number of anilines is 1. The fourth-order valence-electron chi connectivity index (χ4n) is 1.35. The van der Waals surface area contributed by atoms with Crippen LogP contribution in [-0.4, -0.2) is 22.6 Å². The van der Waals surface area contributed by atoms with E-state index in [4.69, 9.17) is 0 Å². The molecule has 1 N–H and O–H groups in total. The Kier molecular flexibility index (Phi) is 4.53. The normalized spacial score (nSPS) is 9.94. The molecule has 0 saturated heterocycles. The third-order valence-electron chi connectivity index (χ3n) is 2.12. The molecule has 0 atom stereocenters. The van der Waals surface area contributed by atoms with Gasteiger partial charge in [-0.3, -0.25) is 0 Å². The van der Waals surface area contributed by atoms with Crippen molar-refractivity contribution in [3.63, 3.8) is 0 Å². The molecule has 1 amide bonds. The Labute approximate surface area is 117 Å². The zero-order valence-electron chi connectivity index (χ0n) is 8.76. The monoisotopic (exact) mass is 404 g/mol. The molecule has 0 aliphatic rings. The van der Waals surface area contributed by atoms with Gasteiger partial charge in [-0.25, -0.2) is 0 Å². The Morgan fingerprint density at radius 2 is 1.94 bits per heavy atom. The van der Waals surface area contributed by atoms with E-state index in [1.54, 1.807) is 18.3 Å². The molecule has 1 aromatic carbocycles.